The third-order valence-electron chi connectivity index (χ3n) is 2.45. The maximum atomic E-state index is 13.6. The van der Waals surface area contributed by atoms with Crippen molar-refractivity contribution in [2.45, 2.75) is 12.3 Å². The van der Waals surface area contributed by atoms with Crippen molar-refractivity contribution in [2.24, 2.45) is 0 Å². The molecule has 1 unspecified atom stereocenters. The van der Waals surface area contributed by atoms with Gasteiger partial charge in [0, 0.05) is 22.6 Å². The standard InChI is InChI=1S/C12H7Cl2F3S/c1-5-4-18-12(10(5)13)11(14)9-7(16)2-6(15)3-8(9)17/h2-4,11H,1H3. The van der Waals surface area contributed by atoms with Gasteiger partial charge in [0.15, 0.2) is 0 Å². The molecule has 18 heavy (non-hydrogen) atoms. The average Bonchev–Trinajstić information content (AvgIpc) is 2.58. The van der Waals surface area contributed by atoms with E-state index in [1.807, 2.05) is 0 Å². The second-order valence-electron chi connectivity index (χ2n) is 3.74. The molecule has 2 aromatic rings. The molecule has 0 amide bonds. The molecule has 0 aliphatic carbocycles. The molecule has 0 N–H and O–H groups in total. The van der Waals surface area contributed by atoms with Crippen LogP contribution < -0.4 is 0 Å². The van der Waals surface area contributed by atoms with Crippen molar-refractivity contribution in [2.75, 3.05) is 0 Å². The highest BCUT2D eigenvalue weighted by Gasteiger charge is 2.24. The molecule has 1 aromatic heterocycles. The Morgan fingerprint density at radius 2 is 1.72 bits per heavy atom. The van der Waals surface area contributed by atoms with Crippen molar-refractivity contribution >= 4 is 34.5 Å². The number of aryl methyl sites for hydroxylation is 1. The first-order valence-electron chi connectivity index (χ1n) is 4.93. The van der Waals surface area contributed by atoms with Crippen LogP contribution in [0.15, 0.2) is 17.5 Å². The van der Waals surface area contributed by atoms with E-state index in [1.54, 1.807) is 12.3 Å². The van der Waals surface area contributed by atoms with Gasteiger partial charge in [0.05, 0.1) is 10.4 Å². The lowest BCUT2D eigenvalue weighted by molar-refractivity contribution is 0.526. The molecule has 0 saturated carbocycles. The molecule has 96 valence electrons. The Morgan fingerprint density at radius 1 is 1.17 bits per heavy atom. The Kier molecular flexibility index (Phi) is 3.90. The van der Waals surface area contributed by atoms with E-state index >= 15 is 0 Å². The lowest BCUT2D eigenvalue weighted by Crippen LogP contribution is -2.01. The van der Waals surface area contributed by atoms with Crippen molar-refractivity contribution in [3.63, 3.8) is 0 Å². The molecule has 1 atom stereocenters. The van der Waals surface area contributed by atoms with Crippen molar-refractivity contribution in [3.05, 3.63) is 56.0 Å². The molecular formula is C12H7Cl2F3S. The second kappa shape index (κ2) is 5.11. The minimum absolute atomic E-state index is 0.378. The van der Waals surface area contributed by atoms with Gasteiger partial charge >= 0.3 is 0 Å². The normalized spacial score (nSPS) is 12.8. The fourth-order valence-corrected chi connectivity index (χ4v) is 3.36. The van der Waals surface area contributed by atoms with Crippen molar-refractivity contribution < 1.29 is 13.2 Å². The molecular weight excluding hydrogens is 304 g/mol. The van der Waals surface area contributed by atoms with E-state index in [2.05, 4.69) is 0 Å². The Labute approximate surface area is 116 Å². The third kappa shape index (κ3) is 2.37. The second-order valence-corrected chi connectivity index (χ2v) is 5.47. The molecule has 0 radical (unpaired) electrons. The van der Waals surface area contributed by atoms with Gasteiger partial charge in [-0.3, -0.25) is 0 Å². The van der Waals surface area contributed by atoms with Crippen LogP contribution in [0.1, 0.15) is 21.4 Å². The van der Waals surface area contributed by atoms with Gasteiger partial charge in [-0.25, -0.2) is 13.2 Å². The Bertz CT molecular complexity index is 572. The van der Waals surface area contributed by atoms with Gasteiger partial charge < -0.3 is 0 Å². The molecule has 6 heteroatoms. The van der Waals surface area contributed by atoms with Crippen LogP contribution in [0.25, 0.3) is 0 Å². The molecule has 0 saturated heterocycles. The largest absolute Gasteiger partial charge is 0.207 e. The van der Waals surface area contributed by atoms with E-state index in [4.69, 9.17) is 23.2 Å². The lowest BCUT2D eigenvalue weighted by Gasteiger charge is -2.11. The highest BCUT2D eigenvalue weighted by molar-refractivity contribution is 7.11. The smallest absolute Gasteiger partial charge is 0.134 e. The minimum Gasteiger partial charge on any atom is -0.207 e. The van der Waals surface area contributed by atoms with Gasteiger partial charge in [-0.15, -0.1) is 22.9 Å². The molecule has 0 fully saturated rings. The number of benzene rings is 1. The number of hydrogen-bond acceptors (Lipinski definition) is 1. The Balaban J connectivity index is 2.53. The van der Waals surface area contributed by atoms with E-state index in [-0.39, 0.29) is 5.56 Å². The summed E-state index contributed by atoms with van der Waals surface area (Å²) in [5, 5.41) is 1.05. The van der Waals surface area contributed by atoms with E-state index < -0.39 is 22.8 Å². The first kappa shape index (κ1) is 13.7. The lowest BCUT2D eigenvalue weighted by atomic mass is 10.1. The van der Waals surface area contributed by atoms with Crippen molar-refractivity contribution in [3.8, 4) is 0 Å². The highest BCUT2D eigenvalue weighted by Crippen LogP contribution is 2.41. The van der Waals surface area contributed by atoms with Crippen LogP contribution in [0, 0.1) is 24.4 Å². The zero-order chi connectivity index (χ0) is 13.4. The fourth-order valence-electron chi connectivity index (χ4n) is 1.55. The molecule has 1 heterocycles. The summed E-state index contributed by atoms with van der Waals surface area (Å²) >= 11 is 13.2. The molecule has 1 aromatic carbocycles. The SMILES string of the molecule is Cc1csc(C(Cl)c2c(F)cc(F)cc2F)c1Cl. The van der Waals surface area contributed by atoms with E-state index in [0.717, 1.165) is 5.56 Å². The zero-order valence-corrected chi connectivity index (χ0v) is 11.4. The molecule has 0 aliphatic rings. The quantitative estimate of drug-likeness (QED) is 0.646. The number of thiophene rings is 1. The van der Waals surface area contributed by atoms with Crippen LogP contribution in [0.5, 0.6) is 0 Å². The first-order valence-corrected chi connectivity index (χ1v) is 6.63. The van der Waals surface area contributed by atoms with Crippen LogP contribution in [0.2, 0.25) is 5.02 Å². The number of halogens is 5. The number of alkyl halides is 1. The third-order valence-corrected chi connectivity index (χ3v) is 4.80. The topological polar surface area (TPSA) is 0 Å². The predicted molar refractivity (Wildman–Crippen MR) is 68.1 cm³/mol. The van der Waals surface area contributed by atoms with Crippen LogP contribution in [-0.4, -0.2) is 0 Å². The first-order chi connectivity index (χ1) is 8.41. The summed E-state index contributed by atoms with van der Waals surface area (Å²) in [5.74, 6) is -3.02. The summed E-state index contributed by atoms with van der Waals surface area (Å²) in [6.07, 6.45) is 0. The van der Waals surface area contributed by atoms with Crippen LogP contribution >= 0.6 is 34.5 Å². The van der Waals surface area contributed by atoms with Crippen LogP contribution in [0.3, 0.4) is 0 Å². The molecule has 0 bridgehead atoms. The van der Waals surface area contributed by atoms with Crippen LogP contribution in [0.4, 0.5) is 13.2 Å². The summed E-state index contributed by atoms with van der Waals surface area (Å²) in [7, 11) is 0. The van der Waals surface area contributed by atoms with Gasteiger partial charge in [-0.2, -0.15) is 0 Å². The van der Waals surface area contributed by atoms with E-state index in [0.29, 0.717) is 22.0 Å². The summed E-state index contributed by atoms with van der Waals surface area (Å²) in [6, 6.07) is 1.20. The summed E-state index contributed by atoms with van der Waals surface area (Å²) < 4.78 is 40.0. The predicted octanol–water partition coefficient (Wildman–Crippen LogP) is 5.46. The Hall–Kier alpha value is -0.710. The maximum Gasteiger partial charge on any atom is 0.134 e. The van der Waals surface area contributed by atoms with E-state index in [9.17, 15) is 13.2 Å². The molecule has 0 nitrogen and oxygen atoms in total. The maximum absolute atomic E-state index is 13.6. The number of hydrogen-bond donors (Lipinski definition) is 0. The van der Waals surface area contributed by atoms with Gasteiger partial charge in [0.25, 0.3) is 0 Å². The Morgan fingerprint density at radius 3 is 2.17 bits per heavy atom. The van der Waals surface area contributed by atoms with Crippen molar-refractivity contribution in [1.82, 2.24) is 0 Å². The molecule has 2 rings (SSSR count). The van der Waals surface area contributed by atoms with Gasteiger partial charge in [-0.1, -0.05) is 11.6 Å². The van der Waals surface area contributed by atoms with Gasteiger partial charge in [0.1, 0.15) is 17.5 Å². The zero-order valence-electron chi connectivity index (χ0n) is 9.11. The molecule has 0 aliphatic heterocycles. The molecule has 0 spiro atoms. The minimum atomic E-state index is -1.07. The van der Waals surface area contributed by atoms with E-state index in [1.165, 1.54) is 11.3 Å². The van der Waals surface area contributed by atoms with Crippen molar-refractivity contribution in [1.29, 1.82) is 0 Å². The number of rotatable bonds is 2. The van der Waals surface area contributed by atoms with Gasteiger partial charge in [0.2, 0.25) is 0 Å². The van der Waals surface area contributed by atoms with Crippen LogP contribution in [-0.2, 0) is 0 Å². The summed E-state index contributed by atoms with van der Waals surface area (Å²) in [4.78, 5) is 0.445. The van der Waals surface area contributed by atoms with Gasteiger partial charge in [-0.05, 0) is 17.9 Å². The fraction of sp³-hybridized carbons (Fsp3) is 0.167. The highest BCUT2D eigenvalue weighted by atomic mass is 35.5. The monoisotopic (exact) mass is 310 g/mol. The average molecular weight is 311 g/mol. The summed E-state index contributed by atoms with van der Waals surface area (Å²) in [6.45, 7) is 1.77. The summed E-state index contributed by atoms with van der Waals surface area (Å²) in [5.41, 5.74) is 0.395.